The molecule has 1 heterocycles. The van der Waals surface area contributed by atoms with Crippen LogP contribution in [0.15, 0.2) is 83.2 Å². The number of allylic oxidation sites excluding steroid dienone is 3. The molecule has 0 amide bonds. The Kier molecular flexibility index (Phi) is 6.98. The van der Waals surface area contributed by atoms with Gasteiger partial charge < -0.3 is 19.5 Å². The molecule has 0 saturated heterocycles. The molecule has 0 spiro atoms. The molecule has 2 atom stereocenters. The average Bonchev–Trinajstić information content (AvgIpc) is 2.90. The zero-order valence-electron chi connectivity index (χ0n) is 22.5. The molecule has 38 heavy (non-hydrogen) atoms. The summed E-state index contributed by atoms with van der Waals surface area (Å²) in [6, 6.07) is 19.9. The monoisotopic (exact) mass is 511 g/mol. The van der Waals surface area contributed by atoms with Crippen molar-refractivity contribution in [3.05, 3.63) is 94.3 Å². The molecule has 1 N–H and O–H groups in total. The summed E-state index contributed by atoms with van der Waals surface area (Å²) in [5.41, 5.74) is 4.67. The van der Waals surface area contributed by atoms with Crippen LogP contribution in [0.25, 0.3) is 10.8 Å². The van der Waals surface area contributed by atoms with E-state index >= 15 is 0 Å². The third kappa shape index (κ3) is 4.55. The fourth-order valence-corrected chi connectivity index (χ4v) is 5.74. The maximum absolute atomic E-state index is 14.0. The van der Waals surface area contributed by atoms with E-state index in [4.69, 9.17) is 14.2 Å². The standard InChI is InChI=1S/C32H33NO5/c1-18(2)38-32(35)29-19(3)33-25-15-22(21-13-14-27(36-4)28(17-21)37-5)16-26(34)31(25)30(29)24-12-8-10-20-9-6-7-11-23(20)24/h6-14,17-18,22,30,33H,15-16H2,1-5H3/t22-,30+/m0/s1. The molecule has 0 aromatic heterocycles. The van der Waals surface area contributed by atoms with Gasteiger partial charge in [-0.15, -0.1) is 0 Å². The summed E-state index contributed by atoms with van der Waals surface area (Å²) in [5.74, 6) is 0.374. The minimum absolute atomic E-state index is 0.0267. The van der Waals surface area contributed by atoms with Crippen molar-refractivity contribution >= 4 is 22.5 Å². The Bertz CT molecular complexity index is 1480. The number of dihydropyridines is 1. The number of esters is 1. The molecule has 5 rings (SSSR count). The molecule has 2 aliphatic rings. The summed E-state index contributed by atoms with van der Waals surface area (Å²) in [6.45, 7) is 5.56. The average molecular weight is 512 g/mol. The summed E-state index contributed by atoms with van der Waals surface area (Å²) < 4.78 is 16.6. The lowest BCUT2D eigenvalue weighted by atomic mass is 9.71. The van der Waals surface area contributed by atoms with E-state index in [0.29, 0.717) is 41.2 Å². The predicted octanol–water partition coefficient (Wildman–Crippen LogP) is 6.17. The molecule has 196 valence electrons. The lowest BCUT2D eigenvalue weighted by molar-refractivity contribution is -0.143. The summed E-state index contributed by atoms with van der Waals surface area (Å²) in [4.78, 5) is 27.4. The van der Waals surface area contributed by atoms with E-state index in [1.807, 2.05) is 81.4 Å². The van der Waals surface area contributed by atoms with Crippen LogP contribution in [0.5, 0.6) is 11.5 Å². The Morgan fingerprint density at radius 3 is 2.42 bits per heavy atom. The van der Waals surface area contributed by atoms with Crippen LogP contribution < -0.4 is 14.8 Å². The first-order valence-electron chi connectivity index (χ1n) is 13.0. The fourth-order valence-electron chi connectivity index (χ4n) is 5.74. The molecule has 1 aliphatic carbocycles. The molecular formula is C32H33NO5. The molecule has 0 unspecified atom stereocenters. The van der Waals surface area contributed by atoms with Crippen molar-refractivity contribution in [3.8, 4) is 11.5 Å². The third-order valence-electron chi connectivity index (χ3n) is 7.40. The van der Waals surface area contributed by atoms with Crippen LogP contribution in [-0.2, 0) is 14.3 Å². The molecule has 3 aromatic rings. The van der Waals surface area contributed by atoms with E-state index in [1.165, 1.54) is 0 Å². The smallest absolute Gasteiger partial charge is 0.337 e. The number of ketones is 1. The van der Waals surface area contributed by atoms with Gasteiger partial charge in [0, 0.05) is 29.3 Å². The van der Waals surface area contributed by atoms with Crippen molar-refractivity contribution in [2.75, 3.05) is 14.2 Å². The van der Waals surface area contributed by atoms with E-state index in [2.05, 4.69) is 5.32 Å². The Morgan fingerprint density at radius 1 is 0.947 bits per heavy atom. The van der Waals surface area contributed by atoms with Crippen molar-refractivity contribution in [1.29, 1.82) is 0 Å². The lowest BCUT2D eigenvalue weighted by Crippen LogP contribution is -2.36. The van der Waals surface area contributed by atoms with Gasteiger partial charge in [-0.3, -0.25) is 4.79 Å². The highest BCUT2D eigenvalue weighted by Crippen LogP contribution is 2.47. The first-order valence-corrected chi connectivity index (χ1v) is 13.0. The lowest BCUT2D eigenvalue weighted by Gasteiger charge is -2.37. The molecule has 6 nitrogen and oxygen atoms in total. The number of Topliss-reactive ketones (excluding diaryl/α,β-unsaturated/α-hetero) is 1. The largest absolute Gasteiger partial charge is 0.493 e. The Morgan fingerprint density at radius 2 is 1.68 bits per heavy atom. The topological polar surface area (TPSA) is 73.9 Å². The van der Waals surface area contributed by atoms with Crippen LogP contribution in [0.4, 0.5) is 0 Å². The Balaban J connectivity index is 1.63. The second kappa shape index (κ2) is 10.4. The molecule has 1 aliphatic heterocycles. The van der Waals surface area contributed by atoms with Crippen LogP contribution in [0, 0.1) is 0 Å². The predicted molar refractivity (Wildman–Crippen MR) is 147 cm³/mol. The van der Waals surface area contributed by atoms with Gasteiger partial charge >= 0.3 is 5.97 Å². The molecule has 6 heteroatoms. The van der Waals surface area contributed by atoms with Crippen LogP contribution >= 0.6 is 0 Å². The third-order valence-corrected chi connectivity index (χ3v) is 7.40. The normalized spacial score (nSPS) is 19.4. The van der Waals surface area contributed by atoms with Gasteiger partial charge in [-0.2, -0.15) is 0 Å². The zero-order chi connectivity index (χ0) is 27.0. The van der Waals surface area contributed by atoms with E-state index in [1.54, 1.807) is 14.2 Å². The number of methoxy groups -OCH3 is 2. The molecule has 0 fully saturated rings. The van der Waals surface area contributed by atoms with Crippen molar-refractivity contribution in [2.24, 2.45) is 0 Å². The summed E-state index contributed by atoms with van der Waals surface area (Å²) in [6.07, 6.45) is 0.702. The zero-order valence-corrected chi connectivity index (χ0v) is 22.5. The molecule has 0 saturated carbocycles. The number of benzene rings is 3. The van der Waals surface area contributed by atoms with E-state index in [-0.39, 0.29) is 17.8 Å². The van der Waals surface area contributed by atoms with Gasteiger partial charge in [0.05, 0.1) is 25.9 Å². The highest BCUT2D eigenvalue weighted by molar-refractivity contribution is 6.05. The molecule has 3 aromatic carbocycles. The number of rotatable bonds is 6. The van der Waals surface area contributed by atoms with Crippen molar-refractivity contribution in [3.63, 3.8) is 0 Å². The second-order valence-corrected chi connectivity index (χ2v) is 10.2. The van der Waals surface area contributed by atoms with Crippen molar-refractivity contribution in [2.45, 2.75) is 51.6 Å². The maximum Gasteiger partial charge on any atom is 0.337 e. The molecule has 0 radical (unpaired) electrons. The number of nitrogens with one attached hydrogen (secondary N) is 1. The number of ether oxygens (including phenoxy) is 3. The van der Waals surface area contributed by atoms with Crippen LogP contribution in [-0.4, -0.2) is 32.1 Å². The van der Waals surface area contributed by atoms with E-state index in [0.717, 1.165) is 27.6 Å². The molecular weight excluding hydrogens is 478 g/mol. The van der Waals surface area contributed by atoms with E-state index in [9.17, 15) is 9.59 Å². The Hall–Kier alpha value is -4.06. The van der Waals surface area contributed by atoms with Gasteiger partial charge in [0.2, 0.25) is 0 Å². The van der Waals surface area contributed by atoms with Crippen molar-refractivity contribution in [1.82, 2.24) is 5.32 Å². The highest BCUT2D eigenvalue weighted by atomic mass is 16.5. The second-order valence-electron chi connectivity index (χ2n) is 10.2. The summed E-state index contributed by atoms with van der Waals surface area (Å²) in [5, 5.41) is 5.51. The highest BCUT2D eigenvalue weighted by Gasteiger charge is 2.42. The van der Waals surface area contributed by atoms with Crippen molar-refractivity contribution < 1.29 is 23.8 Å². The van der Waals surface area contributed by atoms with Gasteiger partial charge in [-0.25, -0.2) is 4.79 Å². The Labute approximate surface area is 223 Å². The molecule has 0 bridgehead atoms. The van der Waals surface area contributed by atoms with Crippen LogP contribution in [0.2, 0.25) is 0 Å². The SMILES string of the molecule is COc1ccc([C@@H]2CC(=O)C3=C(C2)NC(C)=C(C(=O)OC(C)C)[C@H]3c2cccc3ccccc23)cc1OC. The quantitative estimate of drug-likeness (QED) is 0.399. The van der Waals surface area contributed by atoms with Crippen LogP contribution in [0.1, 0.15) is 56.6 Å². The van der Waals surface area contributed by atoms with Gasteiger partial charge in [0.1, 0.15) is 0 Å². The summed E-state index contributed by atoms with van der Waals surface area (Å²) in [7, 11) is 3.22. The number of carbonyl (C=O) groups is 2. The number of hydrogen-bond donors (Lipinski definition) is 1. The minimum Gasteiger partial charge on any atom is -0.493 e. The van der Waals surface area contributed by atoms with Gasteiger partial charge in [-0.1, -0.05) is 48.5 Å². The number of hydrogen-bond acceptors (Lipinski definition) is 6. The van der Waals surface area contributed by atoms with Gasteiger partial charge in [0.15, 0.2) is 17.3 Å². The first kappa shape index (κ1) is 25.6. The fraction of sp³-hybridized carbons (Fsp3) is 0.312. The van der Waals surface area contributed by atoms with Crippen LogP contribution in [0.3, 0.4) is 0 Å². The van der Waals surface area contributed by atoms with E-state index < -0.39 is 11.9 Å². The minimum atomic E-state index is -0.512. The maximum atomic E-state index is 14.0. The first-order chi connectivity index (χ1) is 18.3. The number of carbonyl (C=O) groups excluding carboxylic acids is 2. The van der Waals surface area contributed by atoms with Gasteiger partial charge in [-0.05, 0) is 67.1 Å². The van der Waals surface area contributed by atoms with Gasteiger partial charge in [0.25, 0.3) is 0 Å². The summed E-state index contributed by atoms with van der Waals surface area (Å²) >= 11 is 0. The number of fused-ring (bicyclic) bond motifs is 1.